The summed E-state index contributed by atoms with van der Waals surface area (Å²) in [5.41, 5.74) is 0.947. The third-order valence-corrected chi connectivity index (χ3v) is 8.73. The van der Waals surface area contributed by atoms with E-state index >= 15 is 0 Å². The van der Waals surface area contributed by atoms with Crippen LogP contribution in [0.4, 0.5) is 0 Å². The maximum Gasteiger partial charge on any atom is 0.308 e. The lowest BCUT2D eigenvalue weighted by atomic mass is 10.1. The van der Waals surface area contributed by atoms with Crippen LogP contribution in [-0.2, 0) is 14.3 Å². The molecule has 0 amide bonds. The van der Waals surface area contributed by atoms with E-state index in [4.69, 9.17) is 13.9 Å². The molecule has 0 spiro atoms. The molecule has 0 saturated carbocycles. The van der Waals surface area contributed by atoms with Crippen molar-refractivity contribution in [1.29, 1.82) is 0 Å². The molecule has 0 aromatic heterocycles. The van der Waals surface area contributed by atoms with Crippen molar-refractivity contribution in [2.45, 2.75) is 58.4 Å². The van der Waals surface area contributed by atoms with Crippen molar-refractivity contribution in [3.05, 3.63) is 29.8 Å². The van der Waals surface area contributed by atoms with Crippen LogP contribution in [0.1, 0.15) is 45.8 Å². The van der Waals surface area contributed by atoms with Crippen LogP contribution in [0.15, 0.2) is 24.3 Å². The Kier molecular flexibility index (Phi) is 6.83. The Bertz CT molecular complexity index is 503. The van der Waals surface area contributed by atoms with Crippen molar-refractivity contribution >= 4 is 14.3 Å². The molecule has 0 N–H and O–H groups in total. The van der Waals surface area contributed by atoms with Gasteiger partial charge in [-0.1, -0.05) is 32.9 Å². The number of carbonyl (C=O) groups is 1. The highest BCUT2D eigenvalue weighted by Gasteiger charge is 2.38. The molecule has 0 radical (unpaired) electrons. The monoisotopic (exact) mass is 338 g/mol. The summed E-state index contributed by atoms with van der Waals surface area (Å²) in [6, 6.07) is 7.81. The molecule has 0 fully saturated rings. The Morgan fingerprint density at radius 2 is 1.74 bits per heavy atom. The van der Waals surface area contributed by atoms with E-state index in [0.717, 1.165) is 11.3 Å². The van der Waals surface area contributed by atoms with E-state index in [1.54, 1.807) is 14.0 Å². The summed E-state index contributed by atoms with van der Waals surface area (Å²) in [5, 5.41) is 0.157. The fourth-order valence-electron chi connectivity index (χ4n) is 1.91. The van der Waals surface area contributed by atoms with Gasteiger partial charge in [-0.15, -0.1) is 0 Å². The van der Waals surface area contributed by atoms with E-state index < -0.39 is 8.32 Å². The van der Waals surface area contributed by atoms with Gasteiger partial charge in [-0.25, -0.2) is 0 Å². The van der Waals surface area contributed by atoms with Crippen LogP contribution in [0.25, 0.3) is 0 Å². The van der Waals surface area contributed by atoms with Crippen molar-refractivity contribution in [3.63, 3.8) is 0 Å². The van der Waals surface area contributed by atoms with Crippen LogP contribution < -0.4 is 4.43 Å². The molecule has 1 unspecified atom stereocenters. The van der Waals surface area contributed by atoms with Crippen molar-refractivity contribution in [2.24, 2.45) is 0 Å². The molecule has 1 aromatic carbocycles. The number of hydrogen-bond acceptors (Lipinski definition) is 4. The summed E-state index contributed by atoms with van der Waals surface area (Å²) < 4.78 is 16.7. The molecule has 0 bridgehead atoms. The highest BCUT2D eigenvalue weighted by atomic mass is 28.4. The maximum absolute atomic E-state index is 11.6. The Balaban J connectivity index is 2.80. The highest BCUT2D eigenvalue weighted by molar-refractivity contribution is 6.74. The molecule has 0 aliphatic carbocycles. The first-order chi connectivity index (χ1) is 10.6. The minimum absolute atomic E-state index is 0.157. The lowest BCUT2D eigenvalue weighted by Gasteiger charge is -2.36. The van der Waals surface area contributed by atoms with Crippen LogP contribution in [0.3, 0.4) is 0 Å². The predicted molar refractivity (Wildman–Crippen MR) is 95.3 cm³/mol. The molecule has 1 atom stereocenters. The first kappa shape index (κ1) is 19.7. The topological polar surface area (TPSA) is 44.8 Å². The standard InChI is InChI=1S/C18H30O4Si/c1-8-21-17(19)13-16(20-5)14-9-11-15(12-10-14)22-23(6,7)18(2,3)4/h9-12,16H,8,13H2,1-7H3. The molecular weight excluding hydrogens is 308 g/mol. The molecule has 1 rings (SSSR count). The van der Waals surface area contributed by atoms with Crippen LogP contribution in [0.5, 0.6) is 5.75 Å². The number of methoxy groups -OCH3 is 1. The molecular formula is C18H30O4Si. The normalized spacial score (nSPS) is 13.5. The van der Waals surface area contributed by atoms with Gasteiger partial charge in [0, 0.05) is 7.11 Å². The zero-order chi connectivity index (χ0) is 17.7. The summed E-state index contributed by atoms with van der Waals surface area (Å²) in [4.78, 5) is 11.6. The Morgan fingerprint density at radius 1 is 1.17 bits per heavy atom. The summed E-state index contributed by atoms with van der Waals surface area (Å²) in [7, 11) is -0.240. The largest absolute Gasteiger partial charge is 0.544 e. The SMILES string of the molecule is CCOC(=O)CC(OC)c1ccc(O[Si](C)(C)C(C)(C)C)cc1. The summed E-state index contributed by atoms with van der Waals surface area (Å²) in [6.07, 6.45) is -0.0803. The number of ether oxygens (including phenoxy) is 2. The van der Waals surface area contributed by atoms with Gasteiger partial charge in [-0.05, 0) is 42.8 Å². The quantitative estimate of drug-likeness (QED) is 0.533. The lowest BCUT2D eigenvalue weighted by molar-refractivity contribution is -0.146. The van der Waals surface area contributed by atoms with Crippen LogP contribution in [0, 0.1) is 0 Å². The fraction of sp³-hybridized carbons (Fsp3) is 0.611. The van der Waals surface area contributed by atoms with Gasteiger partial charge in [0.2, 0.25) is 8.32 Å². The number of carbonyl (C=O) groups excluding carboxylic acids is 1. The maximum atomic E-state index is 11.6. The van der Waals surface area contributed by atoms with Crippen LogP contribution >= 0.6 is 0 Å². The van der Waals surface area contributed by atoms with E-state index in [2.05, 4.69) is 33.9 Å². The molecule has 0 aliphatic rings. The zero-order valence-corrected chi connectivity index (χ0v) is 16.4. The third kappa shape index (κ3) is 5.66. The predicted octanol–water partition coefficient (Wildman–Crippen LogP) is 4.71. The molecule has 4 nitrogen and oxygen atoms in total. The van der Waals surface area contributed by atoms with Gasteiger partial charge in [0.25, 0.3) is 0 Å². The smallest absolute Gasteiger partial charge is 0.308 e. The molecule has 0 heterocycles. The summed E-state index contributed by atoms with van der Waals surface area (Å²) in [6.45, 7) is 13.3. The number of benzene rings is 1. The van der Waals surface area contributed by atoms with E-state index in [0.29, 0.717) is 6.61 Å². The van der Waals surface area contributed by atoms with Crippen LogP contribution in [0.2, 0.25) is 18.1 Å². The molecule has 5 heteroatoms. The molecule has 130 valence electrons. The average molecular weight is 339 g/mol. The van der Waals surface area contributed by atoms with Crippen molar-refractivity contribution in [3.8, 4) is 5.75 Å². The van der Waals surface area contributed by atoms with Gasteiger partial charge in [0.1, 0.15) is 5.75 Å². The van der Waals surface area contributed by atoms with E-state index in [1.165, 1.54) is 0 Å². The van der Waals surface area contributed by atoms with Crippen molar-refractivity contribution in [2.75, 3.05) is 13.7 Å². The van der Waals surface area contributed by atoms with E-state index in [1.807, 2.05) is 24.3 Å². The minimum Gasteiger partial charge on any atom is -0.544 e. The number of esters is 1. The molecule has 0 saturated heterocycles. The Labute approximate surface area is 141 Å². The van der Waals surface area contributed by atoms with E-state index in [-0.39, 0.29) is 23.5 Å². The van der Waals surface area contributed by atoms with E-state index in [9.17, 15) is 4.79 Å². The van der Waals surface area contributed by atoms with Gasteiger partial charge >= 0.3 is 5.97 Å². The van der Waals surface area contributed by atoms with Gasteiger partial charge in [-0.2, -0.15) is 0 Å². The first-order valence-electron chi connectivity index (χ1n) is 8.08. The fourth-order valence-corrected chi connectivity index (χ4v) is 2.94. The number of rotatable bonds is 7. The van der Waals surface area contributed by atoms with Gasteiger partial charge < -0.3 is 13.9 Å². The van der Waals surface area contributed by atoms with Crippen molar-refractivity contribution in [1.82, 2.24) is 0 Å². The van der Waals surface area contributed by atoms with Gasteiger partial charge in [-0.3, -0.25) is 4.79 Å². The second-order valence-electron chi connectivity index (χ2n) is 7.16. The van der Waals surface area contributed by atoms with Crippen molar-refractivity contribution < 1.29 is 18.7 Å². The highest BCUT2D eigenvalue weighted by Crippen LogP contribution is 2.37. The van der Waals surface area contributed by atoms with Gasteiger partial charge in [0.15, 0.2) is 0 Å². The Morgan fingerprint density at radius 3 is 2.17 bits per heavy atom. The Hall–Kier alpha value is -1.33. The summed E-state index contributed by atoms with van der Waals surface area (Å²) in [5.74, 6) is 0.618. The minimum atomic E-state index is -1.84. The molecule has 23 heavy (non-hydrogen) atoms. The molecule has 1 aromatic rings. The zero-order valence-electron chi connectivity index (χ0n) is 15.4. The summed E-state index contributed by atoms with van der Waals surface area (Å²) >= 11 is 0. The second-order valence-corrected chi connectivity index (χ2v) is 11.9. The lowest BCUT2D eigenvalue weighted by Crippen LogP contribution is -2.43. The second kappa shape index (κ2) is 7.97. The number of hydrogen-bond donors (Lipinski definition) is 0. The van der Waals surface area contributed by atoms with Gasteiger partial charge in [0.05, 0.1) is 19.1 Å². The first-order valence-corrected chi connectivity index (χ1v) is 11.0. The van der Waals surface area contributed by atoms with Crippen LogP contribution in [-0.4, -0.2) is 28.0 Å². The average Bonchev–Trinajstić information content (AvgIpc) is 2.44. The molecule has 0 aliphatic heterocycles. The third-order valence-electron chi connectivity index (χ3n) is 4.37.